The lowest BCUT2D eigenvalue weighted by Crippen LogP contribution is -2.54. The number of halogens is 1. The molecule has 0 bridgehead atoms. The number of para-hydroxylation sites is 2. The molecule has 6 N–H and O–H groups in total. The van der Waals surface area contributed by atoms with Crippen molar-refractivity contribution in [3.05, 3.63) is 92.3 Å². The molecule has 84 heavy (non-hydrogen) atoms. The molecule has 8 rings (SSSR count). The second-order valence-electron chi connectivity index (χ2n) is 24.4. The maximum Gasteiger partial charge on any atom is 0.302 e. The Kier molecular flexibility index (Phi) is 24.6. The van der Waals surface area contributed by atoms with Gasteiger partial charge in [-0.1, -0.05) is 64.1 Å². The van der Waals surface area contributed by atoms with Gasteiger partial charge in [0.1, 0.15) is 0 Å². The molecule has 0 saturated carbocycles. The standard InChI is InChI=1S/2C29H38N4O4S.C5H10O2.ClH/c2*1-18(2)14-22(31-28(37)29(3,4)30)24(34)16-20-15-19-8-5-10-23(32-12-6-11-25(32)35)26(19)33(27(20)36)17-21-9-7-13-38-21;1-4(2)7-5(3)6;/h2*5,7-10,13,18,20,22H,6,11-12,14-17,30H2,1-4H3,(H,31,37);4H,1-3H3;1H/t2*20?,22-;;/m11../s1. The molecule has 4 aliphatic heterocycles. The van der Waals surface area contributed by atoms with Crippen molar-refractivity contribution in [3.8, 4) is 0 Å². The van der Waals surface area contributed by atoms with E-state index in [4.69, 9.17) is 11.5 Å². The van der Waals surface area contributed by atoms with Crippen molar-refractivity contribution in [1.82, 2.24) is 10.6 Å². The van der Waals surface area contributed by atoms with Crippen LogP contribution in [0.3, 0.4) is 0 Å². The van der Waals surface area contributed by atoms with Gasteiger partial charge in [0.2, 0.25) is 35.4 Å². The van der Waals surface area contributed by atoms with E-state index in [2.05, 4.69) is 15.4 Å². The first-order valence-electron chi connectivity index (χ1n) is 29.0. The van der Waals surface area contributed by atoms with Crippen LogP contribution in [0.5, 0.6) is 0 Å². The van der Waals surface area contributed by atoms with E-state index < -0.39 is 46.8 Å². The van der Waals surface area contributed by atoms with Crippen LogP contribution in [0.15, 0.2) is 71.4 Å². The van der Waals surface area contributed by atoms with Crippen molar-refractivity contribution in [2.75, 3.05) is 32.7 Å². The van der Waals surface area contributed by atoms with Crippen LogP contribution in [0, 0.1) is 23.7 Å². The second-order valence-corrected chi connectivity index (χ2v) is 26.5. The number of ether oxygens (including phenoxy) is 1. The smallest absolute Gasteiger partial charge is 0.302 e. The zero-order valence-corrected chi connectivity index (χ0v) is 53.1. The van der Waals surface area contributed by atoms with Gasteiger partial charge in [-0.05, 0) is 138 Å². The van der Waals surface area contributed by atoms with E-state index in [1.807, 2.05) is 113 Å². The molecule has 2 saturated heterocycles. The van der Waals surface area contributed by atoms with Gasteiger partial charge in [0, 0.05) is 67.3 Å². The number of fused-ring (bicyclic) bond motifs is 2. The van der Waals surface area contributed by atoms with Crippen molar-refractivity contribution in [1.29, 1.82) is 0 Å². The number of nitrogens with zero attached hydrogens (tertiary/aromatic N) is 4. The summed E-state index contributed by atoms with van der Waals surface area (Å²) in [5.74, 6) is -2.24. The van der Waals surface area contributed by atoms with Crippen molar-refractivity contribution in [2.24, 2.45) is 35.1 Å². The summed E-state index contributed by atoms with van der Waals surface area (Å²) >= 11 is 3.13. The van der Waals surface area contributed by atoms with E-state index in [0.717, 1.165) is 56.5 Å². The number of Topliss-reactive ketones (excluding diaryl/α,β-unsaturated/α-hetero) is 2. The SMILES string of the molecule is CC(=O)OC(C)C.CC(C)C[C@@H](NC(=O)C(C)(C)N)C(=O)CC1Cc2cccc(N3CCCC3=O)c2N(Cc2cccs2)C1=O.CC(C)C[C@@H](NC(=O)C(C)(C)N)C(=O)CC1Cc2cccc(N3CCCC3=O)c2N(Cc2cccs2)C1=O.Cl. The molecule has 2 fully saturated rings. The summed E-state index contributed by atoms with van der Waals surface area (Å²) in [4.78, 5) is 125. The Hall–Kier alpha value is -6.32. The summed E-state index contributed by atoms with van der Waals surface area (Å²) in [7, 11) is 0. The molecule has 0 spiro atoms. The van der Waals surface area contributed by atoms with Crippen LogP contribution in [0.2, 0.25) is 0 Å². The largest absolute Gasteiger partial charge is 0.463 e. The maximum absolute atomic E-state index is 14.0. The molecule has 6 amide bonds. The fraction of sp³-hybridized carbons (Fsp3) is 0.540. The van der Waals surface area contributed by atoms with E-state index >= 15 is 0 Å². The third-order valence-corrected chi connectivity index (χ3v) is 16.4. The van der Waals surface area contributed by atoms with Gasteiger partial charge in [0.25, 0.3) is 0 Å². The van der Waals surface area contributed by atoms with E-state index in [0.29, 0.717) is 64.7 Å². The summed E-state index contributed by atoms with van der Waals surface area (Å²) in [6, 6.07) is 18.1. The van der Waals surface area contributed by atoms with Crippen molar-refractivity contribution in [2.45, 2.75) is 183 Å². The molecule has 18 nitrogen and oxygen atoms in total. The van der Waals surface area contributed by atoms with Crippen LogP contribution < -0.4 is 41.7 Å². The van der Waals surface area contributed by atoms with Crippen LogP contribution in [-0.2, 0) is 73.8 Å². The minimum atomic E-state index is -1.12. The second kappa shape index (κ2) is 30.2. The number of nitrogens with one attached hydrogen (secondary N) is 2. The number of hydrogen-bond acceptors (Lipinski definition) is 14. The van der Waals surface area contributed by atoms with E-state index in [1.54, 1.807) is 70.0 Å². The van der Waals surface area contributed by atoms with Gasteiger partial charge in [0.15, 0.2) is 11.6 Å². The predicted molar refractivity (Wildman–Crippen MR) is 334 cm³/mol. The van der Waals surface area contributed by atoms with Gasteiger partial charge in [-0.15, -0.1) is 35.1 Å². The lowest BCUT2D eigenvalue weighted by molar-refractivity contribution is -0.144. The number of carbonyl (C=O) groups is 9. The quantitative estimate of drug-likeness (QED) is 0.0571. The van der Waals surface area contributed by atoms with Gasteiger partial charge < -0.3 is 46.4 Å². The summed E-state index contributed by atoms with van der Waals surface area (Å²) in [5.41, 5.74) is 14.6. The Labute approximate surface area is 509 Å². The summed E-state index contributed by atoms with van der Waals surface area (Å²) in [6.45, 7) is 21.4. The highest BCUT2D eigenvalue weighted by Crippen LogP contribution is 2.44. The maximum atomic E-state index is 14.0. The lowest BCUT2D eigenvalue weighted by atomic mass is 9.85. The highest BCUT2D eigenvalue weighted by atomic mass is 35.5. The van der Waals surface area contributed by atoms with E-state index in [-0.39, 0.29) is 84.4 Å². The van der Waals surface area contributed by atoms with Gasteiger partial charge in [-0.3, -0.25) is 43.2 Å². The van der Waals surface area contributed by atoms with Crippen LogP contribution in [0.25, 0.3) is 0 Å². The van der Waals surface area contributed by atoms with Crippen LogP contribution in [0.4, 0.5) is 22.7 Å². The first kappa shape index (κ1) is 68.5. The van der Waals surface area contributed by atoms with Gasteiger partial charge >= 0.3 is 5.97 Å². The summed E-state index contributed by atoms with van der Waals surface area (Å²) < 4.78 is 4.61. The predicted octanol–water partition coefficient (Wildman–Crippen LogP) is 9.00. The number of rotatable bonds is 21. The van der Waals surface area contributed by atoms with E-state index in [9.17, 15) is 43.2 Å². The number of nitrogens with two attached hydrogens (primary N) is 2. The Bertz CT molecular complexity index is 2780. The molecule has 0 aliphatic carbocycles. The Balaban J connectivity index is 0.000000273. The highest BCUT2D eigenvalue weighted by Gasteiger charge is 2.42. The molecular weight excluding hydrogens is 1130 g/mol. The monoisotopic (exact) mass is 1210 g/mol. The zero-order valence-electron chi connectivity index (χ0n) is 50.6. The molecule has 0 radical (unpaired) electrons. The fourth-order valence-corrected chi connectivity index (χ4v) is 12.1. The third-order valence-electron chi connectivity index (χ3n) is 14.7. The number of hydrogen-bond donors (Lipinski definition) is 4. The molecule has 4 atom stereocenters. The molecular formula is C63H87ClN8O10S2. The number of anilines is 4. The molecule has 4 aromatic rings. The van der Waals surface area contributed by atoms with Crippen molar-refractivity contribution >= 4 is 111 Å². The van der Waals surface area contributed by atoms with Crippen LogP contribution >= 0.6 is 35.1 Å². The summed E-state index contributed by atoms with van der Waals surface area (Å²) in [6.07, 6.45) is 4.41. The third kappa shape index (κ3) is 18.3. The molecule has 2 unspecified atom stereocenters. The molecule has 2 aromatic carbocycles. The van der Waals surface area contributed by atoms with Crippen LogP contribution in [0.1, 0.15) is 148 Å². The normalized spacial score (nSPS) is 17.6. The fourth-order valence-electron chi connectivity index (χ4n) is 10.7. The Morgan fingerprint density at radius 2 is 0.988 bits per heavy atom. The molecule has 2 aromatic heterocycles. The highest BCUT2D eigenvalue weighted by molar-refractivity contribution is 7.10. The Morgan fingerprint density at radius 3 is 1.26 bits per heavy atom. The number of carbonyl (C=O) groups excluding carboxylic acids is 9. The first-order chi connectivity index (χ1) is 39.0. The van der Waals surface area contributed by atoms with Crippen molar-refractivity contribution < 1.29 is 47.9 Å². The minimum absolute atomic E-state index is 0. The zero-order chi connectivity index (χ0) is 61.1. The van der Waals surface area contributed by atoms with Crippen LogP contribution in [-0.4, -0.2) is 95.3 Å². The lowest BCUT2D eigenvalue weighted by Gasteiger charge is -2.37. The topological polar surface area (TPSA) is 252 Å². The minimum Gasteiger partial charge on any atom is -0.463 e. The Morgan fingerprint density at radius 1 is 0.607 bits per heavy atom. The number of ketones is 2. The van der Waals surface area contributed by atoms with E-state index in [1.165, 1.54) is 6.92 Å². The number of benzene rings is 2. The van der Waals surface area contributed by atoms with Gasteiger partial charge in [-0.2, -0.15) is 0 Å². The van der Waals surface area contributed by atoms with Gasteiger partial charge in [0.05, 0.1) is 65.1 Å². The number of amides is 6. The number of thiophene rings is 2. The number of esters is 1. The summed E-state index contributed by atoms with van der Waals surface area (Å²) in [5, 5.41) is 9.60. The molecule has 4 aliphatic rings. The molecule has 6 heterocycles. The molecule has 21 heteroatoms. The molecule has 458 valence electrons. The van der Waals surface area contributed by atoms with Crippen molar-refractivity contribution in [3.63, 3.8) is 0 Å². The average molecular weight is 1220 g/mol. The van der Waals surface area contributed by atoms with Gasteiger partial charge in [-0.25, -0.2) is 0 Å². The first-order valence-corrected chi connectivity index (χ1v) is 30.7. The average Bonchev–Trinajstić information content (AvgIpc) is 2.97.